The van der Waals surface area contributed by atoms with Crippen LogP contribution in [-0.4, -0.2) is 37.2 Å². The summed E-state index contributed by atoms with van der Waals surface area (Å²) in [5.41, 5.74) is 0. The summed E-state index contributed by atoms with van der Waals surface area (Å²) in [5, 5.41) is 0. The second-order valence-corrected chi connectivity index (χ2v) is 23.0. The Kier molecular flexibility index (Phi) is 66.2. The Morgan fingerprint density at radius 1 is 0.256 bits per heavy atom. The Bertz CT molecular complexity index is 1640. The van der Waals surface area contributed by atoms with Crippen LogP contribution in [-0.2, 0) is 28.6 Å². The molecular formula is C76H130O6. The number of allylic oxidation sites excluding steroid dienone is 18. The number of hydrogen-bond acceptors (Lipinski definition) is 6. The quantitative estimate of drug-likeness (QED) is 0.0261. The third-order valence-electron chi connectivity index (χ3n) is 15.0. The van der Waals surface area contributed by atoms with E-state index < -0.39 is 6.10 Å². The van der Waals surface area contributed by atoms with Crippen molar-refractivity contribution in [3.05, 3.63) is 109 Å². The van der Waals surface area contributed by atoms with Crippen molar-refractivity contribution in [3.8, 4) is 0 Å². The van der Waals surface area contributed by atoms with Gasteiger partial charge in [0, 0.05) is 19.3 Å². The van der Waals surface area contributed by atoms with Gasteiger partial charge in [-0.3, -0.25) is 14.4 Å². The number of carbonyl (C=O) groups excluding carboxylic acids is 3. The van der Waals surface area contributed by atoms with E-state index in [1.807, 2.05) is 0 Å². The molecule has 0 spiro atoms. The standard InChI is InChI=1S/C76H130O6/c1-4-7-10-13-16-19-22-25-28-31-34-36-38-40-42-45-48-51-54-57-60-63-66-69-75(78)81-72-73(71-80-74(77)68-65-62-59-56-53-50-47-44-41-33-30-27-24-21-18-15-12-9-6-3)82-76(79)70-67-64-61-58-55-52-49-46-43-39-37-35-32-29-26-23-20-17-14-11-8-5-2/h7,9-10,12,16,18-19,21,25,27-28,30,34,36,40-42,44,73H,4-6,8,11,13-15,17,20,22-24,26,29,31-33,35,37-39,43,45-72H2,1-3H3/b10-7-,12-9-,19-16-,21-18-,28-25-,30-27-,36-34-,42-40-,44-41-. The molecule has 1 atom stereocenters. The van der Waals surface area contributed by atoms with Gasteiger partial charge in [-0.25, -0.2) is 0 Å². The lowest BCUT2D eigenvalue weighted by Gasteiger charge is -2.18. The lowest BCUT2D eigenvalue weighted by atomic mass is 10.0. The van der Waals surface area contributed by atoms with Gasteiger partial charge in [0.05, 0.1) is 0 Å². The van der Waals surface area contributed by atoms with Crippen LogP contribution in [0.3, 0.4) is 0 Å². The fourth-order valence-corrected chi connectivity index (χ4v) is 9.88. The van der Waals surface area contributed by atoms with E-state index in [1.165, 1.54) is 167 Å². The van der Waals surface area contributed by atoms with Gasteiger partial charge < -0.3 is 14.2 Å². The van der Waals surface area contributed by atoms with Crippen molar-refractivity contribution < 1.29 is 28.6 Å². The molecular weight excluding hydrogens is 1010 g/mol. The Balaban J connectivity index is 4.41. The van der Waals surface area contributed by atoms with Gasteiger partial charge in [-0.05, 0) is 103 Å². The van der Waals surface area contributed by atoms with Gasteiger partial charge in [0.1, 0.15) is 13.2 Å². The van der Waals surface area contributed by atoms with Crippen molar-refractivity contribution in [2.45, 2.75) is 341 Å². The molecule has 0 bridgehead atoms. The molecule has 0 heterocycles. The van der Waals surface area contributed by atoms with Crippen LogP contribution in [0.15, 0.2) is 109 Å². The largest absolute Gasteiger partial charge is 0.462 e. The van der Waals surface area contributed by atoms with Crippen LogP contribution in [0, 0.1) is 0 Å². The summed E-state index contributed by atoms with van der Waals surface area (Å²) in [6.07, 6.45) is 95.3. The Labute approximate surface area is 508 Å². The van der Waals surface area contributed by atoms with Crippen molar-refractivity contribution in [1.29, 1.82) is 0 Å². The van der Waals surface area contributed by atoms with E-state index in [0.717, 1.165) is 128 Å². The van der Waals surface area contributed by atoms with Gasteiger partial charge in [-0.2, -0.15) is 0 Å². The van der Waals surface area contributed by atoms with E-state index >= 15 is 0 Å². The fourth-order valence-electron chi connectivity index (χ4n) is 9.88. The molecule has 0 amide bonds. The predicted octanol–water partition coefficient (Wildman–Crippen LogP) is 24.2. The van der Waals surface area contributed by atoms with Gasteiger partial charge in [-0.15, -0.1) is 0 Å². The SMILES string of the molecule is CC/C=C\C/C=C\C/C=C\C/C=C\C/C=C\CCCCCCCCCC(=O)OCC(COC(=O)CCCCCCCC/C=C\C/C=C\C/C=C\C/C=C\CC)OC(=O)CCCCCCCCCCCCCCCCCCCCCCCC. The van der Waals surface area contributed by atoms with Crippen LogP contribution in [0.2, 0.25) is 0 Å². The third-order valence-corrected chi connectivity index (χ3v) is 15.0. The van der Waals surface area contributed by atoms with Gasteiger partial charge in [0.2, 0.25) is 0 Å². The molecule has 0 aliphatic heterocycles. The van der Waals surface area contributed by atoms with E-state index in [4.69, 9.17) is 14.2 Å². The molecule has 6 heteroatoms. The summed E-state index contributed by atoms with van der Waals surface area (Å²) < 4.78 is 17.0. The maximum atomic E-state index is 13.0. The second kappa shape index (κ2) is 69.6. The van der Waals surface area contributed by atoms with Crippen LogP contribution >= 0.6 is 0 Å². The molecule has 1 unspecified atom stereocenters. The zero-order valence-electron chi connectivity index (χ0n) is 54.0. The summed E-state index contributed by atoms with van der Waals surface area (Å²) in [7, 11) is 0. The minimum Gasteiger partial charge on any atom is -0.462 e. The predicted molar refractivity (Wildman–Crippen MR) is 357 cm³/mol. The first-order valence-corrected chi connectivity index (χ1v) is 34.9. The highest BCUT2D eigenvalue weighted by Gasteiger charge is 2.19. The summed E-state index contributed by atoms with van der Waals surface area (Å²) >= 11 is 0. The third kappa shape index (κ3) is 66.9. The zero-order chi connectivity index (χ0) is 59.2. The highest BCUT2D eigenvalue weighted by atomic mass is 16.6. The van der Waals surface area contributed by atoms with E-state index in [9.17, 15) is 14.4 Å². The number of rotatable bonds is 63. The highest BCUT2D eigenvalue weighted by molar-refractivity contribution is 5.71. The number of hydrogen-bond donors (Lipinski definition) is 0. The van der Waals surface area contributed by atoms with E-state index in [0.29, 0.717) is 19.3 Å². The maximum absolute atomic E-state index is 13.0. The Morgan fingerprint density at radius 2 is 0.476 bits per heavy atom. The molecule has 0 fully saturated rings. The average Bonchev–Trinajstić information content (AvgIpc) is 3.48. The molecule has 470 valence electrons. The normalized spacial score (nSPS) is 12.8. The molecule has 0 aromatic carbocycles. The smallest absolute Gasteiger partial charge is 0.306 e. The average molecular weight is 1140 g/mol. The summed E-state index contributed by atoms with van der Waals surface area (Å²) in [6, 6.07) is 0. The van der Waals surface area contributed by atoms with Crippen molar-refractivity contribution in [2.24, 2.45) is 0 Å². The topological polar surface area (TPSA) is 78.9 Å². The van der Waals surface area contributed by atoms with Gasteiger partial charge >= 0.3 is 17.9 Å². The summed E-state index contributed by atoms with van der Waals surface area (Å²) in [5.74, 6) is -0.895. The van der Waals surface area contributed by atoms with Crippen molar-refractivity contribution in [2.75, 3.05) is 13.2 Å². The molecule has 0 aromatic heterocycles. The molecule has 0 radical (unpaired) electrons. The molecule has 0 saturated heterocycles. The minimum absolute atomic E-state index is 0.0873. The number of esters is 3. The molecule has 0 aromatic rings. The second-order valence-electron chi connectivity index (χ2n) is 23.0. The number of unbranched alkanes of at least 4 members (excludes halogenated alkanes) is 34. The first-order valence-electron chi connectivity index (χ1n) is 34.9. The molecule has 82 heavy (non-hydrogen) atoms. The van der Waals surface area contributed by atoms with Crippen LogP contribution in [0.5, 0.6) is 0 Å². The lowest BCUT2D eigenvalue weighted by molar-refractivity contribution is -0.167. The number of carbonyl (C=O) groups is 3. The van der Waals surface area contributed by atoms with Gasteiger partial charge in [0.25, 0.3) is 0 Å². The number of ether oxygens (including phenoxy) is 3. The van der Waals surface area contributed by atoms with Gasteiger partial charge in [-0.1, -0.05) is 323 Å². The van der Waals surface area contributed by atoms with Crippen LogP contribution in [0.4, 0.5) is 0 Å². The fraction of sp³-hybridized carbons (Fsp3) is 0.724. The molecule has 0 aliphatic rings. The van der Waals surface area contributed by atoms with E-state index in [2.05, 4.69) is 130 Å². The maximum Gasteiger partial charge on any atom is 0.306 e. The van der Waals surface area contributed by atoms with Crippen molar-refractivity contribution in [1.82, 2.24) is 0 Å². The summed E-state index contributed by atoms with van der Waals surface area (Å²) in [4.78, 5) is 38.5. The van der Waals surface area contributed by atoms with Crippen LogP contribution in [0.25, 0.3) is 0 Å². The Hall–Kier alpha value is -3.93. The van der Waals surface area contributed by atoms with Gasteiger partial charge in [0.15, 0.2) is 6.10 Å². The summed E-state index contributed by atoms with van der Waals surface area (Å²) in [6.45, 7) is 6.44. The first kappa shape index (κ1) is 78.1. The molecule has 0 aliphatic carbocycles. The van der Waals surface area contributed by atoms with Crippen LogP contribution in [0.1, 0.15) is 335 Å². The molecule has 0 saturated carbocycles. The van der Waals surface area contributed by atoms with Crippen LogP contribution < -0.4 is 0 Å². The molecule has 6 nitrogen and oxygen atoms in total. The monoisotopic (exact) mass is 1140 g/mol. The van der Waals surface area contributed by atoms with E-state index in [1.54, 1.807) is 0 Å². The first-order chi connectivity index (χ1) is 40.5. The highest BCUT2D eigenvalue weighted by Crippen LogP contribution is 2.17. The Morgan fingerprint density at radius 3 is 0.744 bits per heavy atom. The molecule has 0 rings (SSSR count). The van der Waals surface area contributed by atoms with Crippen molar-refractivity contribution in [3.63, 3.8) is 0 Å². The minimum atomic E-state index is -0.792. The van der Waals surface area contributed by atoms with E-state index in [-0.39, 0.29) is 31.1 Å². The zero-order valence-corrected chi connectivity index (χ0v) is 54.0. The van der Waals surface area contributed by atoms with Crippen molar-refractivity contribution >= 4 is 17.9 Å². The molecule has 0 N–H and O–H groups in total. The lowest BCUT2D eigenvalue weighted by Crippen LogP contribution is -2.30.